The normalized spacial score (nSPS) is 10.9. The van der Waals surface area contributed by atoms with E-state index in [4.69, 9.17) is 18.9 Å². The Morgan fingerprint density at radius 1 is 0.604 bits per heavy atom. The van der Waals surface area contributed by atoms with Crippen LogP contribution in [-0.4, -0.2) is 35.4 Å². The van der Waals surface area contributed by atoms with Gasteiger partial charge in [0.05, 0.1) is 43.3 Å². The number of ether oxygens (including phenoxy) is 4. The number of benzene rings is 4. The van der Waals surface area contributed by atoms with Crippen molar-refractivity contribution in [1.29, 1.82) is 0 Å². The summed E-state index contributed by atoms with van der Waals surface area (Å²) in [4.78, 5) is 31.6. The Labute approximate surface area is 305 Å². The van der Waals surface area contributed by atoms with E-state index < -0.39 is 0 Å². The first-order chi connectivity index (χ1) is 26.1. The molecule has 0 radical (unpaired) electrons. The minimum absolute atomic E-state index is 0.0281. The van der Waals surface area contributed by atoms with E-state index in [0.717, 1.165) is 50.1 Å². The Morgan fingerprint density at radius 3 is 1.75 bits per heavy atom. The van der Waals surface area contributed by atoms with Crippen molar-refractivity contribution >= 4 is 27.7 Å². The number of fused-ring (bicyclic) bond motifs is 2. The first-order valence-electron chi connectivity index (χ1n) is 17.0. The molecule has 0 saturated carbocycles. The Kier molecular flexibility index (Phi) is 11.2. The number of H-pyrrole nitrogens is 1. The predicted octanol–water partition coefficient (Wildman–Crippen LogP) is 9.07. The second-order valence-electron chi connectivity index (χ2n) is 12.0. The van der Waals surface area contributed by atoms with Crippen LogP contribution in [0.3, 0.4) is 0 Å². The van der Waals surface area contributed by atoms with Crippen LogP contribution in [0, 0.1) is 0 Å². The number of hydrogen-bond donors (Lipinski definition) is 1. The second-order valence-corrected chi connectivity index (χ2v) is 12.0. The van der Waals surface area contributed by atoms with Gasteiger partial charge >= 0.3 is 0 Å². The van der Waals surface area contributed by atoms with Crippen LogP contribution in [0.2, 0.25) is 0 Å². The third-order valence-corrected chi connectivity index (χ3v) is 8.09. The molecule has 0 fully saturated rings. The smallest absolute Gasteiger partial charge is 0.227 e. The zero-order valence-corrected chi connectivity index (χ0v) is 29.0. The summed E-state index contributed by atoms with van der Waals surface area (Å²) in [5.41, 5.74) is 5.68. The minimum Gasteiger partial charge on any atom is -0.439 e. The molecule has 8 aromatic rings. The highest BCUT2D eigenvalue weighted by Gasteiger charge is 2.08. The summed E-state index contributed by atoms with van der Waals surface area (Å²) in [7, 11) is 0. The molecule has 264 valence electrons. The number of aromatic amines is 1. The van der Waals surface area contributed by atoms with Gasteiger partial charge in [-0.3, -0.25) is 9.36 Å². The fraction of sp³-hybridized carbons (Fsp3) is 0.119. The molecule has 0 amide bonds. The summed E-state index contributed by atoms with van der Waals surface area (Å²) in [6, 6.07) is 38.9. The number of rotatable bonds is 12. The summed E-state index contributed by atoms with van der Waals surface area (Å²) in [6.45, 7) is 3.38. The Morgan fingerprint density at radius 2 is 1.17 bits per heavy atom. The molecule has 4 aromatic carbocycles. The van der Waals surface area contributed by atoms with E-state index in [1.54, 1.807) is 22.9 Å². The number of hydrogen-bond acceptors (Lipinski definition) is 9. The second kappa shape index (κ2) is 17.0. The van der Waals surface area contributed by atoms with Crippen LogP contribution in [-0.2, 0) is 35.9 Å². The SMILES string of the molecule is CC(=O)n1ccc2cc(Oc3cc(COCc4ccccc4)ncn3)ccc21.c1ccc(COCc2cc(Oc3ccc4[nH]ccc4c3)ncn2)cc1. The molecule has 0 aliphatic heterocycles. The van der Waals surface area contributed by atoms with Crippen LogP contribution < -0.4 is 9.47 Å². The van der Waals surface area contributed by atoms with Gasteiger partial charge in [0.25, 0.3) is 0 Å². The van der Waals surface area contributed by atoms with Gasteiger partial charge in [-0.15, -0.1) is 0 Å². The van der Waals surface area contributed by atoms with Gasteiger partial charge in [-0.1, -0.05) is 60.7 Å². The van der Waals surface area contributed by atoms with Crippen molar-refractivity contribution < 1.29 is 23.7 Å². The fourth-order valence-electron chi connectivity index (χ4n) is 5.51. The van der Waals surface area contributed by atoms with E-state index in [9.17, 15) is 4.79 Å². The molecule has 4 heterocycles. The molecule has 0 aliphatic rings. The molecular weight excluding hydrogens is 668 g/mol. The van der Waals surface area contributed by atoms with E-state index in [2.05, 4.69) is 24.9 Å². The average molecular weight is 705 g/mol. The van der Waals surface area contributed by atoms with Gasteiger partial charge in [-0.05, 0) is 59.7 Å². The maximum absolute atomic E-state index is 11.6. The van der Waals surface area contributed by atoms with E-state index in [0.29, 0.717) is 43.9 Å². The number of carbonyl (C=O) groups excluding carboxylic acids is 1. The molecule has 0 unspecified atom stereocenters. The van der Waals surface area contributed by atoms with Gasteiger partial charge < -0.3 is 23.9 Å². The van der Waals surface area contributed by atoms with Gasteiger partial charge in [0, 0.05) is 47.7 Å². The molecule has 53 heavy (non-hydrogen) atoms. The van der Waals surface area contributed by atoms with Crippen molar-refractivity contribution in [1.82, 2.24) is 29.5 Å². The van der Waals surface area contributed by atoms with Crippen molar-refractivity contribution in [3.05, 3.63) is 169 Å². The predicted molar refractivity (Wildman–Crippen MR) is 201 cm³/mol. The maximum Gasteiger partial charge on any atom is 0.227 e. The highest BCUT2D eigenvalue weighted by atomic mass is 16.5. The average Bonchev–Trinajstić information content (AvgIpc) is 3.84. The van der Waals surface area contributed by atoms with Gasteiger partial charge in [0.2, 0.25) is 17.7 Å². The molecule has 4 aromatic heterocycles. The summed E-state index contributed by atoms with van der Waals surface area (Å²) >= 11 is 0. The van der Waals surface area contributed by atoms with Crippen LogP contribution in [0.15, 0.2) is 146 Å². The Bertz CT molecular complexity index is 2410. The van der Waals surface area contributed by atoms with Crippen LogP contribution >= 0.6 is 0 Å². The van der Waals surface area contributed by atoms with Crippen LogP contribution in [0.4, 0.5) is 0 Å². The van der Waals surface area contributed by atoms with Gasteiger partial charge in [0.15, 0.2) is 0 Å². The molecule has 8 rings (SSSR count). The van der Waals surface area contributed by atoms with Gasteiger partial charge in [-0.25, -0.2) is 19.9 Å². The van der Waals surface area contributed by atoms with Gasteiger partial charge in [-0.2, -0.15) is 0 Å². The van der Waals surface area contributed by atoms with E-state index in [-0.39, 0.29) is 5.91 Å². The molecule has 1 N–H and O–H groups in total. The first-order valence-corrected chi connectivity index (χ1v) is 17.0. The van der Waals surface area contributed by atoms with Crippen molar-refractivity contribution in [2.24, 2.45) is 0 Å². The molecule has 0 atom stereocenters. The van der Waals surface area contributed by atoms with E-state index in [1.165, 1.54) is 19.6 Å². The molecule has 11 nitrogen and oxygen atoms in total. The zero-order chi connectivity index (χ0) is 36.2. The highest BCUT2D eigenvalue weighted by Crippen LogP contribution is 2.26. The van der Waals surface area contributed by atoms with Crippen LogP contribution in [0.5, 0.6) is 23.3 Å². The number of nitrogens with zero attached hydrogens (tertiary/aromatic N) is 5. The third kappa shape index (κ3) is 9.56. The standard InChI is InChI=1S/C22H19N3O3.C20H17N3O2/c1-16(26)25-10-9-18-11-20(7-8-21(18)25)28-22-12-19(23-15-24-22)14-27-13-17-5-3-2-4-6-17;1-2-4-15(5-3-1)12-24-13-17-11-20(23-14-22-17)25-18-6-7-19-16(10-18)8-9-21-19/h2-12,15H,13-14H2,1H3;1-11,14,21H,12-13H2. The van der Waals surface area contributed by atoms with Crippen molar-refractivity contribution in [2.45, 2.75) is 33.4 Å². The lowest BCUT2D eigenvalue weighted by Crippen LogP contribution is -2.02. The lowest BCUT2D eigenvalue weighted by Gasteiger charge is -2.08. The highest BCUT2D eigenvalue weighted by molar-refractivity contribution is 5.92. The van der Waals surface area contributed by atoms with E-state index >= 15 is 0 Å². The fourth-order valence-corrected chi connectivity index (χ4v) is 5.51. The van der Waals surface area contributed by atoms with Crippen LogP contribution in [0.1, 0.15) is 34.2 Å². The topological polar surface area (TPSA) is 126 Å². The number of aromatic nitrogens is 6. The number of carbonyl (C=O) groups is 1. The minimum atomic E-state index is -0.0281. The zero-order valence-electron chi connectivity index (χ0n) is 29.0. The lowest BCUT2D eigenvalue weighted by molar-refractivity contribution is 0.0941. The van der Waals surface area contributed by atoms with Crippen LogP contribution in [0.25, 0.3) is 21.8 Å². The largest absolute Gasteiger partial charge is 0.439 e. The quantitative estimate of drug-likeness (QED) is 0.133. The molecular formula is C42H36N6O5. The van der Waals surface area contributed by atoms with Crippen molar-refractivity contribution in [3.63, 3.8) is 0 Å². The third-order valence-electron chi connectivity index (χ3n) is 8.09. The lowest BCUT2D eigenvalue weighted by atomic mass is 10.2. The Balaban J connectivity index is 0.000000165. The van der Waals surface area contributed by atoms with Crippen molar-refractivity contribution in [2.75, 3.05) is 0 Å². The first kappa shape index (κ1) is 34.7. The summed E-state index contributed by atoms with van der Waals surface area (Å²) in [5, 5.41) is 2.02. The Hall–Kier alpha value is -6.69. The monoisotopic (exact) mass is 704 g/mol. The molecule has 0 bridgehead atoms. The molecule has 0 saturated heterocycles. The molecule has 0 aliphatic carbocycles. The van der Waals surface area contributed by atoms with Crippen molar-refractivity contribution in [3.8, 4) is 23.3 Å². The summed E-state index contributed by atoms with van der Waals surface area (Å²) in [6.07, 6.45) is 6.61. The maximum atomic E-state index is 11.6. The number of nitrogens with one attached hydrogen (secondary N) is 1. The summed E-state index contributed by atoms with van der Waals surface area (Å²) < 4.78 is 24.7. The molecule has 0 spiro atoms. The molecule has 11 heteroatoms. The summed E-state index contributed by atoms with van der Waals surface area (Å²) in [5.74, 6) is 2.30. The van der Waals surface area contributed by atoms with E-state index in [1.807, 2.05) is 115 Å². The van der Waals surface area contributed by atoms with Gasteiger partial charge in [0.1, 0.15) is 24.2 Å².